The molecule has 1 N–H and O–H groups in total. The van der Waals surface area contributed by atoms with Crippen molar-refractivity contribution in [1.82, 2.24) is 9.80 Å². The predicted molar refractivity (Wildman–Crippen MR) is 101 cm³/mol. The Morgan fingerprint density at radius 2 is 1.67 bits per heavy atom. The molecule has 0 unspecified atom stereocenters. The van der Waals surface area contributed by atoms with Crippen molar-refractivity contribution in [2.75, 3.05) is 45.2 Å². The van der Waals surface area contributed by atoms with Gasteiger partial charge in [0, 0.05) is 26.2 Å². The minimum absolute atomic E-state index is 0.279. The molecule has 1 aromatic rings. The van der Waals surface area contributed by atoms with Crippen LogP contribution in [0.15, 0.2) is 24.3 Å². The molecule has 2 rings (SSSR count). The molecule has 1 heterocycles. The average molecular weight is 377 g/mol. The minimum atomic E-state index is -1.26. The third-order valence-corrected chi connectivity index (χ3v) is 4.55. The SMILES string of the molecule is CCOC(=O)N1CCN(C(=O)C(C)(C)C(=O)Nc2ccccc2OC)CC1. The Morgan fingerprint density at radius 1 is 1.07 bits per heavy atom. The van der Waals surface area contributed by atoms with E-state index in [1.165, 1.54) is 7.11 Å². The molecule has 1 aliphatic heterocycles. The van der Waals surface area contributed by atoms with Gasteiger partial charge >= 0.3 is 6.09 Å². The van der Waals surface area contributed by atoms with E-state index < -0.39 is 11.3 Å². The number of nitrogens with one attached hydrogen (secondary N) is 1. The van der Waals surface area contributed by atoms with Gasteiger partial charge in [-0.1, -0.05) is 12.1 Å². The van der Waals surface area contributed by atoms with Crippen LogP contribution in [0.5, 0.6) is 5.75 Å². The maximum atomic E-state index is 12.9. The summed E-state index contributed by atoms with van der Waals surface area (Å²) in [5.74, 6) is -0.166. The molecule has 3 amide bonds. The molecule has 1 saturated heterocycles. The van der Waals surface area contributed by atoms with E-state index in [0.29, 0.717) is 44.2 Å². The normalized spacial score (nSPS) is 14.5. The number of amides is 3. The van der Waals surface area contributed by atoms with E-state index in [9.17, 15) is 14.4 Å². The molecular weight excluding hydrogens is 350 g/mol. The molecule has 27 heavy (non-hydrogen) atoms. The van der Waals surface area contributed by atoms with Crippen LogP contribution in [0.25, 0.3) is 0 Å². The molecular formula is C19H27N3O5. The van der Waals surface area contributed by atoms with Gasteiger partial charge in [-0.2, -0.15) is 0 Å². The van der Waals surface area contributed by atoms with Crippen LogP contribution in [0.2, 0.25) is 0 Å². The van der Waals surface area contributed by atoms with Gasteiger partial charge in [-0.25, -0.2) is 4.79 Å². The minimum Gasteiger partial charge on any atom is -0.495 e. The summed E-state index contributed by atoms with van der Waals surface area (Å²) in [7, 11) is 1.52. The van der Waals surface area contributed by atoms with Crippen LogP contribution in [-0.4, -0.2) is 67.6 Å². The topological polar surface area (TPSA) is 88.2 Å². The number of hydrogen-bond donors (Lipinski definition) is 1. The molecule has 1 aliphatic rings. The molecule has 1 fully saturated rings. The van der Waals surface area contributed by atoms with Crippen molar-refractivity contribution in [3.05, 3.63) is 24.3 Å². The summed E-state index contributed by atoms with van der Waals surface area (Å²) in [4.78, 5) is 40.6. The summed E-state index contributed by atoms with van der Waals surface area (Å²) in [6.45, 7) is 6.75. The van der Waals surface area contributed by atoms with Crippen LogP contribution in [0.3, 0.4) is 0 Å². The van der Waals surface area contributed by atoms with Crippen molar-refractivity contribution in [3.63, 3.8) is 0 Å². The quantitative estimate of drug-likeness (QED) is 0.793. The molecule has 8 nitrogen and oxygen atoms in total. The van der Waals surface area contributed by atoms with Crippen LogP contribution in [0.1, 0.15) is 20.8 Å². The Labute approximate surface area is 159 Å². The highest BCUT2D eigenvalue weighted by atomic mass is 16.6. The Bertz CT molecular complexity index is 696. The van der Waals surface area contributed by atoms with Gasteiger partial charge in [0.15, 0.2) is 0 Å². The lowest BCUT2D eigenvalue weighted by Crippen LogP contribution is -2.55. The maximum absolute atomic E-state index is 12.9. The van der Waals surface area contributed by atoms with E-state index in [-0.39, 0.29) is 12.0 Å². The highest BCUT2D eigenvalue weighted by Crippen LogP contribution is 2.27. The van der Waals surface area contributed by atoms with Gasteiger partial charge in [0.25, 0.3) is 0 Å². The number of nitrogens with zero attached hydrogens (tertiary/aromatic N) is 2. The number of carbonyl (C=O) groups excluding carboxylic acids is 3. The Morgan fingerprint density at radius 3 is 2.26 bits per heavy atom. The lowest BCUT2D eigenvalue weighted by Gasteiger charge is -2.37. The zero-order valence-corrected chi connectivity index (χ0v) is 16.3. The molecule has 148 valence electrons. The summed E-state index contributed by atoms with van der Waals surface area (Å²) in [6, 6.07) is 7.03. The molecule has 0 bridgehead atoms. The van der Waals surface area contributed by atoms with E-state index in [4.69, 9.17) is 9.47 Å². The van der Waals surface area contributed by atoms with Crippen LogP contribution in [0.4, 0.5) is 10.5 Å². The summed E-state index contributed by atoms with van der Waals surface area (Å²) in [5.41, 5.74) is -0.745. The number of benzene rings is 1. The molecule has 0 spiro atoms. The Kier molecular flexibility index (Phi) is 6.65. The second-order valence-corrected chi connectivity index (χ2v) is 6.76. The highest BCUT2D eigenvalue weighted by molar-refractivity contribution is 6.10. The smallest absolute Gasteiger partial charge is 0.409 e. The van der Waals surface area contributed by atoms with Crippen LogP contribution in [-0.2, 0) is 14.3 Å². The lowest BCUT2D eigenvalue weighted by atomic mass is 9.89. The van der Waals surface area contributed by atoms with E-state index in [1.807, 2.05) is 0 Å². The molecule has 0 aliphatic carbocycles. The largest absolute Gasteiger partial charge is 0.495 e. The van der Waals surface area contributed by atoms with Crippen LogP contribution in [0, 0.1) is 5.41 Å². The first-order valence-electron chi connectivity index (χ1n) is 8.96. The number of piperazine rings is 1. The Hall–Kier alpha value is -2.77. The number of ether oxygens (including phenoxy) is 2. The van der Waals surface area contributed by atoms with Crippen molar-refractivity contribution in [1.29, 1.82) is 0 Å². The van der Waals surface area contributed by atoms with Crippen molar-refractivity contribution >= 4 is 23.6 Å². The molecule has 1 aromatic carbocycles. The fourth-order valence-corrected chi connectivity index (χ4v) is 2.83. The van der Waals surface area contributed by atoms with Gasteiger partial charge in [0.05, 0.1) is 19.4 Å². The second kappa shape index (κ2) is 8.75. The third-order valence-electron chi connectivity index (χ3n) is 4.55. The third kappa shape index (κ3) is 4.69. The number of hydrogen-bond acceptors (Lipinski definition) is 5. The fourth-order valence-electron chi connectivity index (χ4n) is 2.83. The summed E-state index contributed by atoms with van der Waals surface area (Å²) in [6.07, 6.45) is -0.377. The van der Waals surface area contributed by atoms with Gasteiger partial charge < -0.3 is 24.6 Å². The van der Waals surface area contributed by atoms with Crippen molar-refractivity contribution < 1.29 is 23.9 Å². The van der Waals surface area contributed by atoms with E-state index in [2.05, 4.69) is 5.32 Å². The maximum Gasteiger partial charge on any atom is 0.409 e. The number of carbonyl (C=O) groups is 3. The van der Waals surface area contributed by atoms with Gasteiger partial charge in [-0.3, -0.25) is 9.59 Å². The van der Waals surface area contributed by atoms with Gasteiger partial charge in [-0.15, -0.1) is 0 Å². The second-order valence-electron chi connectivity index (χ2n) is 6.76. The molecule has 0 aromatic heterocycles. The predicted octanol–water partition coefficient (Wildman–Crippen LogP) is 1.96. The van der Waals surface area contributed by atoms with Crippen molar-refractivity contribution in [2.24, 2.45) is 5.41 Å². The molecule has 8 heteroatoms. The fraction of sp³-hybridized carbons (Fsp3) is 0.526. The van der Waals surface area contributed by atoms with Crippen molar-refractivity contribution in [2.45, 2.75) is 20.8 Å². The van der Waals surface area contributed by atoms with Crippen LogP contribution < -0.4 is 10.1 Å². The first-order chi connectivity index (χ1) is 12.8. The highest BCUT2D eigenvalue weighted by Gasteiger charge is 2.40. The zero-order valence-electron chi connectivity index (χ0n) is 16.3. The average Bonchev–Trinajstić information content (AvgIpc) is 2.68. The summed E-state index contributed by atoms with van der Waals surface area (Å²) >= 11 is 0. The zero-order chi connectivity index (χ0) is 20.0. The standard InChI is InChI=1S/C19H27N3O5/c1-5-27-18(25)22-12-10-21(11-13-22)17(24)19(2,3)16(23)20-14-8-6-7-9-15(14)26-4/h6-9H,5,10-13H2,1-4H3,(H,20,23). The lowest BCUT2D eigenvalue weighted by molar-refractivity contribution is -0.147. The number of methoxy groups -OCH3 is 1. The van der Waals surface area contributed by atoms with E-state index in [0.717, 1.165) is 0 Å². The monoisotopic (exact) mass is 377 g/mol. The molecule has 0 atom stereocenters. The number of para-hydroxylation sites is 2. The van der Waals surface area contributed by atoms with Gasteiger partial charge in [0.2, 0.25) is 11.8 Å². The summed E-state index contributed by atoms with van der Waals surface area (Å²) < 4.78 is 10.2. The van der Waals surface area contributed by atoms with Gasteiger partial charge in [-0.05, 0) is 32.9 Å². The summed E-state index contributed by atoms with van der Waals surface area (Å²) in [5, 5.41) is 2.77. The van der Waals surface area contributed by atoms with Crippen molar-refractivity contribution in [3.8, 4) is 5.75 Å². The number of rotatable bonds is 5. The first kappa shape index (κ1) is 20.5. The van der Waals surface area contributed by atoms with E-state index in [1.54, 1.807) is 54.8 Å². The van der Waals surface area contributed by atoms with E-state index >= 15 is 0 Å². The number of anilines is 1. The molecule has 0 radical (unpaired) electrons. The van der Waals surface area contributed by atoms with Gasteiger partial charge in [0.1, 0.15) is 11.2 Å². The van der Waals surface area contributed by atoms with Crippen LogP contribution >= 0.6 is 0 Å². The molecule has 0 saturated carbocycles. The first-order valence-corrected chi connectivity index (χ1v) is 8.96. The Balaban J connectivity index is 2.00.